The van der Waals surface area contributed by atoms with Crippen LogP contribution in [0.4, 0.5) is 5.69 Å². The lowest BCUT2D eigenvalue weighted by atomic mass is 10.2. The zero-order valence-electron chi connectivity index (χ0n) is 9.93. The molecule has 0 saturated carbocycles. The van der Waals surface area contributed by atoms with Crippen molar-refractivity contribution in [2.24, 2.45) is 0 Å². The largest absolute Gasteiger partial charge is 0.333 e. The van der Waals surface area contributed by atoms with Gasteiger partial charge in [0.1, 0.15) is 11.6 Å². The molecule has 4 heteroatoms. The second-order valence-electron chi connectivity index (χ2n) is 3.82. The van der Waals surface area contributed by atoms with Gasteiger partial charge in [0, 0.05) is 18.8 Å². The van der Waals surface area contributed by atoms with Crippen molar-refractivity contribution in [3.63, 3.8) is 0 Å². The van der Waals surface area contributed by atoms with Crippen LogP contribution in [-0.4, -0.2) is 37.2 Å². The molecule has 1 fully saturated rings. The third-order valence-electron chi connectivity index (χ3n) is 2.72. The lowest BCUT2D eigenvalue weighted by Gasteiger charge is -2.35. The molecule has 1 aliphatic rings. The third kappa shape index (κ3) is 2.74. The molecule has 90 valence electrons. The highest BCUT2D eigenvalue weighted by atomic mass is 16.7. The van der Waals surface area contributed by atoms with Crippen LogP contribution < -0.4 is 4.90 Å². The van der Waals surface area contributed by atoms with Crippen molar-refractivity contribution in [1.82, 2.24) is 5.06 Å². The Morgan fingerprint density at radius 3 is 2.71 bits per heavy atom. The summed E-state index contributed by atoms with van der Waals surface area (Å²) in [6.07, 6.45) is 0. The minimum absolute atomic E-state index is 0.492. The lowest BCUT2D eigenvalue weighted by Crippen LogP contribution is -2.45. The van der Waals surface area contributed by atoms with Crippen molar-refractivity contribution < 1.29 is 9.63 Å². The zero-order chi connectivity index (χ0) is 12.1. The monoisotopic (exact) mass is 232 g/mol. The predicted molar refractivity (Wildman–Crippen MR) is 66.2 cm³/mol. The quantitative estimate of drug-likeness (QED) is 0.739. The molecule has 0 atom stereocenters. The van der Waals surface area contributed by atoms with E-state index in [-0.39, 0.29) is 0 Å². The first-order valence-electron chi connectivity index (χ1n) is 5.79. The zero-order valence-corrected chi connectivity index (χ0v) is 9.93. The molecule has 0 unspecified atom stereocenters. The van der Waals surface area contributed by atoms with E-state index in [2.05, 4.69) is 0 Å². The van der Waals surface area contributed by atoms with Gasteiger partial charge in [-0.15, -0.1) is 0 Å². The number of hydroxylamine groups is 2. The number of hydrogen-bond donors (Lipinski definition) is 0. The summed E-state index contributed by atoms with van der Waals surface area (Å²) in [7, 11) is 0. The highest BCUT2D eigenvalue weighted by molar-refractivity contribution is 5.65. The van der Waals surface area contributed by atoms with Gasteiger partial charge >= 0.3 is 0 Å². The van der Waals surface area contributed by atoms with Crippen molar-refractivity contribution in [3.05, 3.63) is 36.0 Å². The molecule has 0 aliphatic carbocycles. The maximum atomic E-state index is 11.0. The van der Waals surface area contributed by atoms with E-state index >= 15 is 0 Å². The summed E-state index contributed by atoms with van der Waals surface area (Å²) in [5.74, 6) is 2.01. The topological polar surface area (TPSA) is 32.8 Å². The van der Waals surface area contributed by atoms with Crippen LogP contribution in [0, 0.1) is 0 Å². The highest BCUT2D eigenvalue weighted by Gasteiger charge is 2.23. The highest BCUT2D eigenvalue weighted by Crippen LogP contribution is 2.21. The molecule has 1 aliphatic heterocycles. The van der Waals surface area contributed by atoms with Crippen molar-refractivity contribution in [3.8, 4) is 0 Å². The molecule has 0 radical (unpaired) electrons. The number of para-hydroxylation sites is 1. The molecule has 1 saturated heterocycles. The number of carbonyl (C=O) groups excluding carboxylic acids is 1. The Morgan fingerprint density at radius 1 is 1.29 bits per heavy atom. The number of nitrogens with zero attached hydrogens (tertiary/aromatic N) is 2. The van der Waals surface area contributed by atoms with Gasteiger partial charge in [-0.2, -0.15) is 5.06 Å². The summed E-state index contributed by atoms with van der Waals surface area (Å²) in [5, 5.41) is 1.81. The van der Waals surface area contributed by atoms with Crippen molar-refractivity contribution in [2.45, 2.75) is 6.92 Å². The second-order valence-corrected chi connectivity index (χ2v) is 3.82. The summed E-state index contributed by atoms with van der Waals surface area (Å²) in [4.78, 5) is 18.4. The molecule has 0 N–H and O–H groups in total. The molecule has 1 aromatic rings. The summed E-state index contributed by atoms with van der Waals surface area (Å²) >= 11 is 0. The Morgan fingerprint density at radius 2 is 2.06 bits per heavy atom. The van der Waals surface area contributed by atoms with Gasteiger partial charge in [-0.25, -0.2) is 4.79 Å². The van der Waals surface area contributed by atoms with Crippen molar-refractivity contribution in [2.75, 3.05) is 31.1 Å². The lowest BCUT2D eigenvalue weighted by molar-refractivity contribution is -0.150. The standard InChI is InChI=1S/C13H16N2O2/c1-2-17-14-8-9-15(13(10-14)11-16)12-6-4-3-5-7-12/h3-7H,2,8-10H2,1H3. The van der Waals surface area contributed by atoms with Crippen LogP contribution in [-0.2, 0) is 9.63 Å². The van der Waals surface area contributed by atoms with Crippen LogP contribution in [0.25, 0.3) is 0 Å². The van der Waals surface area contributed by atoms with E-state index < -0.39 is 0 Å². The van der Waals surface area contributed by atoms with E-state index in [1.54, 1.807) is 5.06 Å². The minimum atomic E-state index is 0.492. The molecule has 17 heavy (non-hydrogen) atoms. The number of rotatable bonds is 3. The number of piperazine rings is 1. The number of benzene rings is 1. The second kappa shape index (κ2) is 5.64. The first-order valence-corrected chi connectivity index (χ1v) is 5.79. The average Bonchev–Trinajstić information content (AvgIpc) is 2.40. The van der Waals surface area contributed by atoms with Crippen LogP contribution in [0.15, 0.2) is 36.0 Å². The molecule has 4 nitrogen and oxygen atoms in total. The normalized spacial score (nSPS) is 17.0. The van der Waals surface area contributed by atoms with Gasteiger partial charge in [0.05, 0.1) is 13.2 Å². The van der Waals surface area contributed by atoms with Crippen LogP contribution in [0.3, 0.4) is 0 Å². The third-order valence-corrected chi connectivity index (χ3v) is 2.72. The van der Waals surface area contributed by atoms with E-state index in [9.17, 15) is 4.79 Å². The number of hydrogen-bond acceptors (Lipinski definition) is 4. The summed E-state index contributed by atoms with van der Waals surface area (Å²) in [6, 6.07) is 9.88. The molecule has 2 rings (SSSR count). The molecule has 0 aromatic heterocycles. The fourth-order valence-electron chi connectivity index (χ4n) is 1.95. The average molecular weight is 232 g/mol. The van der Waals surface area contributed by atoms with E-state index in [1.807, 2.05) is 48.1 Å². The predicted octanol–water partition coefficient (Wildman–Crippen LogP) is 1.48. The summed E-state index contributed by atoms with van der Waals surface area (Å²) in [6.45, 7) is 4.58. The van der Waals surface area contributed by atoms with Crippen molar-refractivity contribution >= 4 is 11.6 Å². The van der Waals surface area contributed by atoms with Crippen LogP contribution in [0.1, 0.15) is 6.92 Å². The van der Waals surface area contributed by atoms with Crippen LogP contribution >= 0.6 is 0 Å². The van der Waals surface area contributed by atoms with Gasteiger partial charge in [-0.3, -0.25) is 4.84 Å². The number of anilines is 1. The minimum Gasteiger partial charge on any atom is -0.333 e. The summed E-state index contributed by atoms with van der Waals surface area (Å²) < 4.78 is 0. The van der Waals surface area contributed by atoms with E-state index in [0.29, 0.717) is 18.8 Å². The van der Waals surface area contributed by atoms with E-state index in [0.717, 1.165) is 18.8 Å². The molecular formula is C13H16N2O2. The Bertz CT molecular complexity index is 413. The fourth-order valence-corrected chi connectivity index (χ4v) is 1.95. The van der Waals surface area contributed by atoms with Gasteiger partial charge < -0.3 is 4.90 Å². The molecule has 1 heterocycles. The Labute approximate surface area is 101 Å². The molecule has 0 amide bonds. The van der Waals surface area contributed by atoms with E-state index in [4.69, 9.17) is 4.84 Å². The SMILES string of the molecule is CCON1CCN(c2ccccc2)C(=C=O)C1. The first-order chi connectivity index (χ1) is 8.35. The van der Waals surface area contributed by atoms with Crippen molar-refractivity contribution in [1.29, 1.82) is 0 Å². The first kappa shape index (κ1) is 11.9. The van der Waals surface area contributed by atoms with Gasteiger partial charge in [0.25, 0.3) is 0 Å². The Hall–Kier alpha value is -1.61. The summed E-state index contributed by atoms with van der Waals surface area (Å²) in [5.41, 5.74) is 1.65. The van der Waals surface area contributed by atoms with Gasteiger partial charge in [0.2, 0.25) is 0 Å². The Kier molecular flexibility index (Phi) is 3.94. The van der Waals surface area contributed by atoms with Gasteiger partial charge in [0.15, 0.2) is 0 Å². The maximum Gasteiger partial charge on any atom is 0.147 e. The van der Waals surface area contributed by atoms with Gasteiger partial charge in [-0.1, -0.05) is 18.2 Å². The van der Waals surface area contributed by atoms with Gasteiger partial charge in [-0.05, 0) is 19.1 Å². The fraction of sp³-hybridized carbons (Fsp3) is 0.385. The van der Waals surface area contributed by atoms with Crippen LogP contribution in [0.2, 0.25) is 0 Å². The molecule has 1 aromatic carbocycles. The molecule has 0 spiro atoms. The van der Waals surface area contributed by atoms with E-state index in [1.165, 1.54) is 0 Å². The Balaban J connectivity index is 2.13. The molecule has 0 bridgehead atoms. The van der Waals surface area contributed by atoms with Crippen LogP contribution in [0.5, 0.6) is 0 Å². The smallest absolute Gasteiger partial charge is 0.147 e. The maximum absolute atomic E-state index is 11.0. The molecular weight excluding hydrogens is 216 g/mol.